The van der Waals surface area contributed by atoms with E-state index in [1.54, 1.807) is 0 Å². The fourth-order valence-corrected chi connectivity index (χ4v) is 1.06. The van der Waals surface area contributed by atoms with Crippen molar-refractivity contribution in [2.24, 2.45) is 0 Å². The molecule has 0 atom stereocenters. The van der Waals surface area contributed by atoms with Gasteiger partial charge in [0.15, 0.2) is 17.4 Å². The van der Waals surface area contributed by atoms with Crippen molar-refractivity contribution in [3.05, 3.63) is 35.9 Å². The van der Waals surface area contributed by atoms with Crippen LogP contribution >= 0.6 is 0 Å². The molecular formula is C9H17AlFeMgOSiZr. The van der Waals surface area contributed by atoms with Gasteiger partial charge in [-0.25, -0.2) is 0 Å². The van der Waals surface area contributed by atoms with Gasteiger partial charge < -0.3 is 4.74 Å². The zero-order valence-electron chi connectivity index (χ0n) is 6.43. The van der Waals surface area contributed by atoms with Crippen LogP contribution in [0.4, 0.5) is 0 Å². The van der Waals surface area contributed by atoms with Crippen LogP contribution in [0.25, 0.3) is 6.08 Å². The molecule has 1 heterocycles. The van der Waals surface area contributed by atoms with E-state index < -0.39 is 0 Å². The van der Waals surface area contributed by atoms with E-state index in [0.717, 1.165) is 5.75 Å². The summed E-state index contributed by atoms with van der Waals surface area (Å²) in [4.78, 5) is 0. The summed E-state index contributed by atoms with van der Waals surface area (Å²) in [6, 6.07) is 8.03. The Kier molecular flexibility index (Phi) is 23.4. The van der Waals surface area contributed by atoms with Crippen LogP contribution in [0, 0.1) is 0 Å². The third-order valence-corrected chi connectivity index (χ3v) is 1.55. The maximum Gasteiger partial charge on any atom is 0.316 e. The number of fused-ring (bicyclic) bond motifs is 1. The average Bonchev–Trinajstić information content (AvgIpc) is 2.05. The largest absolute Gasteiger partial charge is 0.489 e. The maximum absolute atomic E-state index is 5.34. The molecule has 80 valence electrons. The van der Waals surface area contributed by atoms with Gasteiger partial charge in [0.25, 0.3) is 0 Å². The van der Waals surface area contributed by atoms with Crippen LogP contribution in [0.1, 0.15) is 5.56 Å². The number of ether oxygens (including phenoxy) is 1. The number of hydrogen-bond donors (Lipinski definition) is 0. The summed E-state index contributed by atoms with van der Waals surface area (Å²) in [5.74, 6) is 0.991. The van der Waals surface area contributed by atoms with Gasteiger partial charge in [0.05, 0.1) is 0 Å². The average molecular weight is 368 g/mol. The van der Waals surface area contributed by atoms with Gasteiger partial charge in [-0.2, -0.15) is 0 Å². The van der Waals surface area contributed by atoms with E-state index in [9.17, 15) is 0 Å². The van der Waals surface area contributed by atoms with Crippen molar-refractivity contribution in [3.63, 3.8) is 0 Å². The fraction of sp³-hybridized carbons (Fsp3) is 0.111. The molecule has 1 aromatic rings. The molecule has 0 saturated carbocycles. The van der Waals surface area contributed by atoms with Crippen LogP contribution in [0.15, 0.2) is 30.3 Å². The monoisotopic (exact) mass is 366 g/mol. The molecule has 0 bridgehead atoms. The first-order valence-corrected chi connectivity index (χ1v) is 3.35. The zero-order valence-corrected chi connectivity index (χ0v) is 10.00. The third kappa shape index (κ3) is 7.57. The van der Waals surface area contributed by atoms with Crippen molar-refractivity contribution >= 4 is 57.5 Å². The second kappa shape index (κ2) is 13.7. The molecular weight excluding hydrogens is 351 g/mol. The molecule has 0 aromatic heterocycles. The van der Waals surface area contributed by atoms with Gasteiger partial charge in [-0.1, -0.05) is 24.3 Å². The smallest absolute Gasteiger partial charge is 0.316 e. The van der Waals surface area contributed by atoms with Gasteiger partial charge in [-0.05, 0) is 23.1 Å². The molecule has 0 fully saturated rings. The van der Waals surface area contributed by atoms with Crippen molar-refractivity contribution in [2.45, 2.75) is 0 Å². The number of hydrogen-bond acceptors (Lipinski definition) is 1. The number of benzene rings is 1. The molecule has 0 saturated heterocycles. The molecule has 1 aromatic carbocycles. The molecule has 1 aliphatic rings. The van der Waals surface area contributed by atoms with Crippen molar-refractivity contribution in [3.8, 4) is 5.75 Å². The van der Waals surface area contributed by atoms with Gasteiger partial charge in [0.1, 0.15) is 12.4 Å². The minimum Gasteiger partial charge on any atom is -0.489 e. The molecule has 0 radical (unpaired) electrons. The minimum absolute atomic E-state index is 0. The Morgan fingerprint density at radius 3 is 2.33 bits per heavy atom. The summed E-state index contributed by atoms with van der Waals surface area (Å²) in [6.07, 6.45) is 4.10. The first kappa shape index (κ1) is 25.5. The van der Waals surface area contributed by atoms with Gasteiger partial charge in [0, 0.05) is 48.8 Å². The molecule has 1 nitrogen and oxygen atoms in total. The summed E-state index contributed by atoms with van der Waals surface area (Å²) >= 11 is 0. The normalized spacial score (nSPS) is 9.33. The van der Waals surface area contributed by atoms with Crippen LogP contribution < -0.4 is 4.74 Å². The Morgan fingerprint density at radius 1 is 1.13 bits per heavy atom. The number of para-hydroxylation sites is 1. The molecule has 0 N–H and O–H groups in total. The van der Waals surface area contributed by atoms with Crippen LogP contribution in [-0.2, 0) is 43.3 Å². The minimum atomic E-state index is 0. The quantitative estimate of drug-likeness (QED) is 0.509. The topological polar surface area (TPSA) is 9.23 Å². The summed E-state index contributed by atoms with van der Waals surface area (Å²) in [5.41, 5.74) is 1.17. The van der Waals surface area contributed by atoms with Crippen molar-refractivity contribution in [1.82, 2.24) is 0 Å². The Balaban J connectivity index is -0.000000121. The van der Waals surface area contributed by atoms with Gasteiger partial charge >= 0.3 is 23.1 Å². The summed E-state index contributed by atoms with van der Waals surface area (Å²) in [5, 5.41) is 0. The molecule has 2 rings (SSSR count). The van der Waals surface area contributed by atoms with Gasteiger partial charge in [-0.3, -0.25) is 0 Å². The van der Waals surface area contributed by atoms with Gasteiger partial charge in [0.2, 0.25) is 0 Å². The van der Waals surface area contributed by atoms with Crippen molar-refractivity contribution in [1.29, 1.82) is 0 Å². The second-order valence-electron chi connectivity index (χ2n) is 2.25. The van der Waals surface area contributed by atoms with E-state index in [1.807, 2.05) is 30.3 Å². The second-order valence-corrected chi connectivity index (χ2v) is 2.25. The third-order valence-electron chi connectivity index (χ3n) is 1.55. The Hall–Kier alpha value is 1.68. The predicted octanol–water partition coefficient (Wildman–Crippen LogP) is -1.46. The van der Waals surface area contributed by atoms with E-state index in [2.05, 4.69) is 6.08 Å². The van der Waals surface area contributed by atoms with Crippen molar-refractivity contribution in [2.75, 3.05) is 6.61 Å². The molecule has 6 heteroatoms. The molecule has 1 aliphatic heterocycles. The van der Waals surface area contributed by atoms with E-state index in [4.69, 9.17) is 4.74 Å². The Labute approximate surface area is 152 Å². The summed E-state index contributed by atoms with van der Waals surface area (Å²) in [6.45, 7) is 0.705. The standard InChI is InChI=1S/C9H8O.Al.Fe.Mg.H4Si.Zr.5H/c1-2-6-9-8(4-1)5-3-7-10-9;;;;;;;;;;/h1-6H,7H2;;;;1H4;;;;;;. The molecule has 0 unspecified atom stereocenters. The Morgan fingerprint density at radius 2 is 1.73 bits per heavy atom. The van der Waals surface area contributed by atoms with Gasteiger partial charge in [-0.15, -0.1) is 0 Å². The van der Waals surface area contributed by atoms with Crippen molar-refractivity contribution < 1.29 is 48.0 Å². The maximum atomic E-state index is 5.34. The Bertz CT molecular complexity index is 289. The van der Waals surface area contributed by atoms with Crippen LogP contribution in [0.5, 0.6) is 5.75 Å². The first-order valence-electron chi connectivity index (χ1n) is 3.35. The predicted molar refractivity (Wildman–Crippen MR) is 70.8 cm³/mol. The summed E-state index contributed by atoms with van der Waals surface area (Å²) < 4.78 is 5.34. The summed E-state index contributed by atoms with van der Waals surface area (Å²) in [7, 11) is 0. The van der Waals surface area contributed by atoms with Crippen LogP contribution in [0.2, 0.25) is 0 Å². The van der Waals surface area contributed by atoms with E-state index in [1.165, 1.54) is 5.56 Å². The van der Waals surface area contributed by atoms with E-state index in [0.29, 0.717) is 6.61 Å². The molecule has 0 amide bonds. The molecule has 0 spiro atoms. The van der Waals surface area contributed by atoms with Crippen LogP contribution in [-0.4, -0.2) is 58.0 Å². The zero-order chi connectivity index (χ0) is 6.81. The molecule has 15 heavy (non-hydrogen) atoms. The van der Waals surface area contributed by atoms with Crippen LogP contribution in [0.3, 0.4) is 0 Å². The number of rotatable bonds is 0. The van der Waals surface area contributed by atoms with E-state index in [-0.39, 0.29) is 94.7 Å². The molecule has 0 aliphatic carbocycles. The fourth-order valence-electron chi connectivity index (χ4n) is 1.06. The first-order chi connectivity index (χ1) is 4.97. The SMILES string of the molecule is C1=Cc2ccccc2OC1.[AlH3].[Fe].[MgH2].[SiH4].[Zr]. The van der Waals surface area contributed by atoms with E-state index >= 15 is 0 Å².